The monoisotopic (exact) mass is 534 g/mol. The second-order valence-corrected chi connectivity index (χ2v) is 7.29. The summed E-state index contributed by atoms with van der Waals surface area (Å²) >= 11 is 0. The number of aliphatic imine (C=N–C) groups is 1. The Morgan fingerprint density at radius 1 is 1.13 bits per heavy atom. The van der Waals surface area contributed by atoms with E-state index < -0.39 is 11.7 Å². The third kappa shape index (κ3) is 8.26. The third-order valence-corrected chi connectivity index (χ3v) is 3.80. The first kappa shape index (κ1) is 25.8. The molecule has 1 aromatic carbocycles. The number of hydrogen-bond acceptors (Lipinski definition) is 3. The summed E-state index contributed by atoms with van der Waals surface area (Å²) in [5.41, 5.74) is -0.300. The second-order valence-electron chi connectivity index (χ2n) is 7.29. The van der Waals surface area contributed by atoms with Gasteiger partial charge in [0.15, 0.2) is 5.96 Å². The van der Waals surface area contributed by atoms with Crippen LogP contribution in [0, 0.1) is 11.8 Å². The van der Waals surface area contributed by atoms with E-state index >= 15 is 0 Å². The lowest BCUT2D eigenvalue weighted by Crippen LogP contribution is -2.37. The number of alkyl halides is 3. The van der Waals surface area contributed by atoms with Crippen molar-refractivity contribution in [2.45, 2.75) is 45.8 Å². The molecule has 2 N–H and O–H groups in total. The molecule has 0 bridgehead atoms. The van der Waals surface area contributed by atoms with E-state index in [2.05, 4.69) is 32.5 Å². The van der Waals surface area contributed by atoms with E-state index in [-0.39, 0.29) is 42.5 Å². The summed E-state index contributed by atoms with van der Waals surface area (Å²) in [4.78, 5) is 8.65. The van der Waals surface area contributed by atoms with Gasteiger partial charge in [0.1, 0.15) is 12.3 Å². The van der Waals surface area contributed by atoms with Crippen molar-refractivity contribution < 1.29 is 17.6 Å². The fourth-order valence-corrected chi connectivity index (χ4v) is 2.24. The Bertz CT molecular complexity index is 888. The van der Waals surface area contributed by atoms with Gasteiger partial charge in [-0.1, -0.05) is 32.6 Å². The number of guanidine groups is 1. The molecule has 0 fully saturated rings. The fraction of sp³-hybridized carbons (Fsp3) is 0.429. The maximum atomic E-state index is 12.6. The highest BCUT2D eigenvalue weighted by molar-refractivity contribution is 14.0. The van der Waals surface area contributed by atoms with Gasteiger partial charge < -0.3 is 15.1 Å². The van der Waals surface area contributed by atoms with Crippen LogP contribution in [0.4, 0.5) is 13.2 Å². The van der Waals surface area contributed by atoms with Crippen LogP contribution in [0.1, 0.15) is 50.5 Å². The smallest absolute Gasteiger partial charge is 0.416 e. The molecular formula is C21H26F3IN4O. The van der Waals surface area contributed by atoms with Gasteiger partial charge in [-0.25, -0.2) is 9.98 Å². The van der Waals surface area contributed by atoms with E-state index in [1.54, 1.807) is 6.20 Å². The maximum absolute atomic E-state index is 12.6. The van der Waals surface area contributed by atoms with Crippen molar-refractivity contribution in [3.05, 3.63) is 53.2 Å². The average molecular weight is 534 g/mol. The molecule has 164 valence electrons. The Kier molecular flexibility index (Phi) is 9.68. The number of halogens is 4. The minimum atomic E-state index is -4.35. The molecule has 0 saturated carbocycles. The zero-order chi connectivity index (χ0) is 21.5. The zero-order valence-electron chi connectivity index (χ0n) is 17.4. The van der Waals surface area contributed by atoms with Crippen LogP contribution in [0.2, 0.25) is 0 Å². The van der Waals surface area contributed by atoms with Gasteiger partial charge in [0.2, 0.25) is 5.89 Å². The van der Waals surface area contributed by atoms with Crippen LogP contribution in [0.15, 0.2) is 39.9 Å². The van der Waals surface area contributed by atoms with E-state index in [0.29, 0.717) is 24.0 Å². The number of hydrogen-bond donors (Lipinski definition) is 2. The number of nitrogens with zero attached hydrogens (tertiary/aromatic N) is 2. The third-order valence-electron chi connectivity index (χ3n) is 3.80. The van der Waals surface area contributed by atoms with E-state index in [0.717, 1.165) is 17.9 Å². The Balaban J connectivity index is 0.00000450. The van der Waals surface area contributed by atoms with E-state index in [1.807, 2.05) is 27.7 Å². The van der Waals surface area contributed by atoms with Gasteiger partial charge in [-0.15, -0.1) is 24.0 Å². The van der Waals surface area contributed by atoms with Crippen molar-refractivity contribution in [1.29, 1.82) is 0 Å². The number of aromatic nitrogens is 1. The summed E-state index contributed by atoms with van der Waals surface area (Å²) in [6.45, 7) is 9.29. The van der Waals surface area contributed by atoms with Gasteiger partial charge >= 0.3 is 6.18 Å². The van der Waals surface area contributed by atoms with Crippen molar-refractivity contribution >= 4 is 29.9 Å². The molecule has 0 aliphatic heterocycles. The standard InChI is InChI=1S/C21H25F3N4O.HI/c1-5-25-19(28-14-18-27-13-17(29-18)20(2,3)4)26-12-6-7-15-8-10-16(11-9-15)21(22,23)24;/h8-11,13H,5,12,14H2,1-4H3,(H2,25,26,28);1H. The number of benzene rings is 1. The second kappa shape index (κ2) is 11.2. The normalized spacial score (nSPS) is 11.9. The topological polar surface area (TPSA) is 62.5 Å². The summed E-state index contributed by atoms with van der Waals surface area (Å²) in [5, 5.41) is 6.14. The largest absolute Gasteiger partial charge is 0.443 e. The van der Waals surface area contributed by atoms with E-state index in [1.165, 1.54) is 12.1 Å². The lowest BCUT2D eigenvalue weighted by Gasteiger charge is -2.13. The van der Waals surface area contributed by atoms with Crippen LogP contribution in [0.3, 0.4) is 0 Å². The van der Waals surface area contributed by atoms with E-state index in [4.69, 9.17) is 4.42 Å². The molecule has 5 nitrogen and oxygen atoms in total. The Morgan fingerprint density at radius 3 is 2.33 bits per heavy atom. The molecule has 30 heavy (non-hydrogen) atoms. The van der Waals surface area contributed by atoms with Gasteiger partial charge in [-0.05, 0) is 31.2 Å². The fourth-order valence-electron chi connectivity index (χ4n) is 2.24. The SMILES string of the molecule is CCNC(=NCc1ncc(C(C)(C)C)o1)NCC#Cc1ccc(C(F)(F)F)cc1.I. The molecule has 0 unspecified atom stereocenters. The first-order valence-electron chi connectivity index (χ1n) is 9.23. The van der Waals surface area contributed by atoms with Crippen molar-refractivity contribution in [3.63, 3.8) is 0 Å². The molecule has 2 aromatic rings. The Labute approximate surface area is 192 Å². The van der Waals surface area contributed by atoms with Crippen LogP contribution < -0.4 is 10.6 Å². The van der Waals surface area contributed by atoms with Gasteiger partial charge in [-0.3, -0.25) is 0 Å². The molecule has 2 rings (SSSR count). The summed E-state index contributed by atoms with van der Waals surface area (Å²) in [6.07, 6.45) is -2.64. The van der Waals surface area contributed by atoms with Crippen molar-refractivity contribution in [2.24, 2.45) is 4.99 Å². The molecule has 0 aliphatic carbocycles. The molecule has 0 spiro atoms. The van der Waals surface area contributed by atoms with Gasteiger partial charge in [0, 0.05) is 17.5 Å². The summed E-state index contributed by atoms with van der Waals surface area (Å²) in [5.74, 6) is 7.55. The lowest BCUT2D eigenvalue weighted by molar-refractivity contribution is -0.137. The molecule has 0 radical (unpaired) electrons. The summed E-state index contributed by atoms with van der Waals surface area (Å²) in [6, 6.07) is 4.74. The van der Waals surface area contributed by atoms with Crippen molar-refractivity contribution in [2.75, 3.05) is 13.1 Å². The van der Waals surface area contributed by atoms with Crippen LogP contribution in [0.25, 0.3) is 0 Å². The van der Waals surface area contributed by atoms with Crippen molar-refractivity contribution in [1.82, 2.24) is 15.6 Å². The van der Waals surface area contributed by atoms with Crippen molar-refractivity contribution in [3.8, 4) is 11.8 Å². The van der Waals surface area contributed by atoms with Gasteiger partial charge in [0.25, 0.3) is 0 Å². The van der Waals surface area contributed by atoms with E-state index in [9.17, 15) is 13.2 Å². The molecule has 1 aromatic heterocycles. The molecular weight excluding hydrogens is 508 g/mol. The van der Waals surface area contributed by atoms with Crippen LogP contribution >= 0.6 is 24.0 Å². The minimum absolute atomic E-state index is 0. The van der Waals surface area contributed by atoms with Crippen LogP contribution in [-0.4, -0.2) is 24.0 Å². The molecule has 0 saturated heterocycles. The van der Waals surface area contributed by atoms with Gasteiger partial charge in [-0.2, -0.15) is 13.2 Å². The van der Waals surface area contributed by atoms with Crippen LogP contribution in [-0.2, 0) is 18.1 Å². The quantitative estimate of drug-likeness (QED) is 0.258. The molecule has 9 heteroatoms. The Hall–Kier alpha value is -2.22. The van der Waals surface area contributed by atoms with Gasteiger partial charge in [0.05, 0.1) is 18.3 Å². The highest BCUT2D eigenvalue weighted by Crippen LogP contribution is 2.28. The number of rotatable bonds is 4. The number of oxazole rings is 1. The predicted molar refractivity (Wildman–Crippen MR) is 122 cm³/mol. The molecule has 1 heterocycles. The first-order chi connectivity index (χ1) is 13.6. The molecule has 0 amide bonds. The maximum Gasteiger partial charge on any atom is 0.416 e. The highest BCUT2D eigenvalue weighted by atomic mass is 127. The lowest BCUT2D eigenvalue weighted by atomic mass is 9.94. The highest BCUT2D eigenvalue weighted by Gasteiger charge is 2.29. The average Bonchev–Trinajstić information content (AvgIpc) is 3.12. The minimum Gasteiger partial charge on any atom is -0.443 e. The first-order valence-corrected chi connectivity index (χ1v) is 9.23. The zero-order valence-corrected chi connectivity index (χ0v) is 19.7. The molecule has 0 aliphatic rings. The predicted octanol–water partition coefficient (Wildman–Crippen LogP) is 4.72. The summed E-state index contributed by atoms with van der Waals surface area (Å²) in [7, 11) is 0. The Morgan fingerprint density at radius 2 is 1.80 bits per heavy atom. The van der Waals surface area contributed by atoms with Crippen LogP contribution in [0.5, 0.6) is 0 Å². The molecule has 0 atom stereocenters. The summed E-state index contributed by atoms with van der Waals surface area (Å²) < 4.78 is 43.4. The number of nitrogens with one attached hydrogen (secondary N) is 2.